The fourth-order valence-corrected chi connectivity index (χ4v) is 2.93. The zero-order chi connectivity index (χ0) is 14.4. The minimum Gasteiger partial charge on any atom is -0.299 e. The topological polar surface area (TPSA) is 58.4 Å². The molecule has 0 fully saturated rings. The van der Waals surface area contributed by atoms with Gasteiger partial charge >= 0.3 is 0 Å². The first kappa shape index (κ1) is 16.5. The first-order chi connectivity index (χ1) is 8.99. The Labute approximate surface area is 127 Å². The number of nitrogens with one attached hydrogen (secondary N) is 1. The second kappa shape index (κ2) is 7.89. The van der Waals surface area contributed by atoms with Gasteiger partial charge in [0.1, 0.15) is 0 Å². The van der Waals surface area contributed by atoms with E-state index in [4.69, 9.17) is 5.84 Å². The molecule has 1 unspecified atom stereocenters. The molecule has 1 atom stereocenters. The average Bonchev–Trinajstić information content (AvgIpc) is 2.40. The van der Waals surface area contributed by atoms with Crippen molar-refractivity contribution in [1.82, 2.24) is 10.3 Å². The smallest absolute Gasteiger partial charge is 0.265 e. The molecule has 0 bridgehead atoms. The van der Waals surface area contributed by atoms with Gasteiger partial charge in [-0.25, -0.2) is 5.84 Å². The average molecular weight is 346 g/mol. The highest BCUT2D eigenvalue weighted by Crippen LogP contribution is 2.21. The third kappa shape index (κ3) is 4.80. The fourth-order valence-electron chi connectivity index (χ4n) is 1.69. The van der Waals surface area contributed by atoms with Gasteiger partial charge in [-0.2, -0.15) is 11.8 Å². The third-order valence-corrected chi connectivity index (χ3v) is 4.58. The van der Waals surface area contributed by atoms with Crippen LogP contribution in [-0.2, 0) is 6.54 Å². The van der Waals surface area contributed by atoms with Crippen LogP contribution in [0.15, 0.2) is 22.7 Å². The standard InChI is InChI=1S/C13H20BrN3OS/c1-9(8-19-3)17(2)7-11-5-4-10(6-12(11)14)13(18)16-15/h4-6,9H,7-8,15H2,1-3H3,(H,16,18). The molecule has 0 aliphatic heterocycles. The van der Waals surface area contributed by atoms with Gasteiger partial charge in [-0.05, 0) is 37.9 Å². The predicted molar refractivity (Wildman–Crippen MR) is 85.1 cm³/mol. The van der Waals surface area contributed by atoms with E-state index in [0.717, 1.165) is 22.3 Å². The number of amides is 1. The van der Waals surface area contributed by atoms with E-state index in [1.54, 1.807) is 12.1 Å². The lowest BCUT2D eigenvalue weighted by Gasteiger charge is -2.24. The van der Waals surface area contributed by atoms with Crippen LogP contribution in [-0.4, -0.2) is 35.9 Å². The number of hydrogen-bond acceptors (Lipinski definition) is 4. The molecule has 106 valence electrons. The number of rotatable bonds is 6. The van der Waals surface area contributed by atoms with Crippen LogP contribution in [0.3, 0.4) is 0 Å². The Morgan fingerprint density at radius 2 is 2.26 bits per heavy atom. The molecule has 0 saturated carbocycles. The van der Waals surface area contributed by atoms with Crippen LogP contribution in [0.5, 0.6) is 0 Å². The predicted octanol–water partition coefficient (Wildman–Crippen LogP) is 2.24. The molecule has 4 nitrogen and oxygen atoms in total. The molecule has 3 N–H and O–H groups in total. The van der Waals surface area contributed by atoms with E-state index in [9.17, 15) is 4.79 Å². The molecule has 0 aromatic heterocycles. The molecular formula is C13H20BrN3OS. The molecule has 0 heterocycles. The van der Waals surface area contributed by atoms with E-state index in [1.165, 1.54) is 0 Å². The van der Waals surface area contributed by atoms with Gasteiger partial charge in [-0.1, -0.05) is 22.0 Å². The number of carbonyl (C=O) groups is 1. The van der Waals surface area contributed by atoms with Crippen molar-refractivity contribution in [3.8, 4) is 0 Å². The Balaban J connectivity index is 2.77. The number of halogens is 1. The minimum atomic E-state index is -0.281. The minimum absolute atomic E-state index is 0.281. The largest absolute Gasteiger partial charge is 0.299 e. The van der Waals surface area contributed by atoms with Crippen molar-refractivity contribution in [2.75, 3.05) is 19.1 Å². The zero-order valence-corrected chi connectivity index (χ0v) is 13.8. The molecule has 0 radical (unpaired) electrons. The van der Waals surface area contributed by atoms with Gasteiger partial charge in [0.2, 0.25) is 0 Å². The molecule has 1 amide bonds. The summed E-state index contributed by atoms with van der Waals surface area (Å²) >= 11 is 5.35. The maximum absolute atomic E-state index is 11.4. The number of thioether (sulfide) groups is 1. The van der Waals surface area contributed by atoms with Crippen LogP contribution < -0.4 is 11.3 Å². The number of nitrogen functional groups attached to an aromatic ring is 1. The highest BCUT2D eigenvalue weighted by molar-refractivity contribution is 9.10. The monoisotopic (exact) mass is 345 g/mol. The van der Waals surface area contributed by atoms with Gasteiger partial charge in [-0.3, -0.25) is 15.1 Å². The molecule has 0 spiro atoms. The summed E-state index contributed by atoms with van der Waals surface area (Å²) in [5.74, 6) is 5.94. The summed E-state index contributed by atoms with van der Waals surface area (Å²) in [7, 11) is 2.10. The van der Waals surface area contributed by atoms with Gasteiger partial charge in [0, 0.05) is 28.4 Å². The maximum Gasteiger partial charge on any atom is 0.265 e. The van der Waals surface area contributed by atoms with Crippen LogP contribution in [0.2, 0.25) is 0 Å². The summed E-state index contributed by atoms with van der Waals surface area (Å²) < 4.78 is 0.928. The Morgan fingerprint density at radius 1 is 1.58 bits per heavy atom. The molecule has 1 aromatic carbocycles. The van der Waals surface area contributed by atoms with Crippen LogP contribution >= 0.6 is 27.7 Å². The number of carbonyl (C=O) groups excluding carboxylic acids is 1. The Kier molecular flexibility index (Phi) is 6.85. The summed E-state index contributed by atoms with van der Waals surface area (Å²) in [6.45, 7) is 3.05. The number of benzene rings is 1. The Hall–Kier alpha value is -0.560. The van der Waals surface area contributed by atoms with Crippen LogP contribution in [0.4, 0.5) is 0 Å². The molecule has 6 heteroatoms. The summed E-state index contributed by atoms with van der Waals surface area (Å²) in [5.41, 5.74) is 3.84. The highest BCUT2D eigenvalue weighted by atomic mass is 79.9. The van der Waals surface area contributed by atoms with Crippen LogP contribution in [0.25, 0.3) is 0 Å². The van der Waals surface area contributed by atoms with Crippen molar-refractivity contribution in [3.05, 3.63) is 33.8 Å². The van der Waals surface area contributed by atoms with Crippen molar-refractivity contribution in [2.24, 2.45) is 5.84 Å². The fraction of sp³-hybridized carbons (Fsp3) is 0.462. The van der Waals surface area contributed by atoms with Gasteiger partial charge in [0.15, 0.2) is 0 Å². The number of hydrazine groups is 1. The first-order valence-electron chi connectivity index (χ1n) is 5.98. The highest BCUT2D eigenvalue weighted by Gasteiger charge is 2.12. The van der Waals surface area contributed by atoms with Crippen molar-refractivity contribution in [2.45, 2.75) is 19.5 Å². The third-order valence-electron chi connectivity index (χ3n) is 3.03. The summed E-state index contributed by atoms with van der Waals surface area (Å²) in [5, 5.41) is 0. The van der Waals surface area contributed by atoms with Gasteiger partial charge in [0.05, 0.1) is 0 Å². The second-order valence-corrected chi connectivity index (χ2v) is 6.26. The molecule has 0 aliphatic carbocycles. The van der Waals surface area contributed by atoms with Crippen molar-refractivity contribution >= 4 is 33.6 Å². The Morgan fingerprint density at radius 3 is 2.79 bits per heavy atom. The molecule has 1 rings (SSSR count). The number of hydrogen-bond donors (Lipinski definition) is 2. The van der Waals surface area contributed by atoms with Crippen LogP contribution in [0.1, 0.15) is 22.8 Å². The maximum atomic E-state index is 11.4. The van der Waals surface area contributed by atoms with Crippen molar-refractivity contribution in [1.29, 1.82) is 0 Å². The summed E-state index contributed by atoms with van der Waals surface area (Å²) in [6, 6.07) is 6.05. The van der Waals surface area contributed by atoms with E-state index in [1.807, 2.05) is 17.8 Å². The zero-order valence-electron chi connectivity index (χ0n) is 11.4. The molecule has 0 aliphatic rings. The first-order valence-corrected chi connectivity index (χ1v) is 8.16. The second-order valence-electron chi connectivity index (χ2n) is 4.50. The van der Waals surface area contributed by atoms with Gasteiger partial charge in [-0.15, -0.1) is 0 Å². The lowest BCUT2D eigenvalue weighted by molar-refractivity contribution is 0.0953. The SMILES string of the molecule is CSCC(C)N(C)Cc1ccc(C(=O)NN)cc1Br. The van der Waals surface area contributed by atoms with Gasteiger partial charge in [0.25, 0.3) is 5.91 Å². The quantitative estimate of drug-likeness (QED) is 0.471. The van der Waals surface area contributed by atoms with Crippen molar-refractivity contribution < 1.29 is 4.79 Å². The number of nitrogens with zero attached hydrogens (tertiary/aromatic N) is 1. The molecule has 1 aromatic rings. The normalized spacial score (nSPS) is 12.5. The Bertz CT molecular complexity index is 442. The van der Waals surface area contributed by atoms with Gasteiger partial charge < -0.3 is 0 Å². The number of nitrogens with two attached hydrogens (primary N) is 1. The van der Waals surface area contributed by atoms with E-state index >= 15 is 0 Å². The van der Waals surface area contributed by atoms with E-state index in [0.29, 0.717) is 11.6 Å². The summed E-state index contributed by atoms with van der Waals surface area (Å²) in [6.07, 6.45) is 2.11. The summed E-state index contributed by atoms with van der Waals surface area (Å²) in [4.78, 5) is 13.7. The molecule has 0 saturated heterocycles. The molecular weight excluding hydrogens is 326 g/mol. The van der Waals surface area contributed by atoms with E-state index in [-0.39, 0.29) is 5.91 Å². The van der Waals surface area contributed by atoms with Crippen LogP contribution in [0, 0.1) is 0 Å². The van der Waals surface area contributed by atoms with E-state index < -0.39 is 0 Å². The lowest BCUT2D eigenvalue weighted by Crippen LogP contribution is -2.31. The van der Waals surface area contributed by atoms with Crippen molar-refractivity contribution in [3.63, 3.8) is 0 Å². The van der Waals surface area contributed by atoms with E-state index in [2.05, 4.69) is 46.5 Å². The lowest BCUT2D eigenvalue weighted by atomic mass is 10.1. The molecule has 19 heavy (non-hydrogen) atoms.